The smallest absolute Gasteiger partial charge is 0.308 e. The zero-order chi connectivity index (χ0) is 24.2. The summed E-state index contributed by atoms with van der Waals surface area (Å²) >= 11 is 3.53. The number of carbonyl (C=O) groups is 3. The molecule has 2 heterocycles. The summed E-state index contributed by atoms with van der Waals surface area (Å²) in [6, 6.07) is 0. The number of hydrogen-bond acceptors (Lipinski definition) is 8. The summed E-state index contributed by atoms with van der Waals surface area (Å²) < 4.78 is 23.3. The Morgan fingerprint density at radius 1 is 1.24 bits per heavy atom. The van der Waals surface area contributed by atoms with Crippen molar-refractivity contribution in [3.05, 3.63) is 0 Å². The lowest BCUT2D eigenvalue weighted by molar-refractivity contribution is -0.285. The number of hydrogen-bond donors (Lipinski definition) is 1. The van der Waals surface area contributed by atoms with E-state index in [0.717, 1.165) is 12.8 Å². The van der Waals surface area contributed by atoms with Gasteiger partial charge in [0.2, 0.25) is 6.29 Å². The van der Waals surface area contributed by atoms with Crippen molar-refractivity contribution in [2.24, 2.45) is 28.6 Å². The zero-order valence-corrected chi connectivity index (χ0v) is 21.4. The largest absolute Gasteiger partial charge is 0.465 e. The Morgan fingerprint density at radius 3 is 2.58 bits per heavy atom. The maximum atomic E-state index is 12.2. The van der Waals surface area contributed by atoms with E-state index in [4.69, 9.17) is 18.9 Å². The van der Waals surface area contributed by atoms with Crippen molar-refractivity contribution >= 4 is 33.8 Å². The minimum absolute atomic E-state index is 0.0271. The fourth-order valence-corrected chi connectivity index (χ4v) is 8.18. The molecule has 186 valence electrons. The van der Waals surface area contributed by atoms with Crippen LogP contribution >= 0.6 is 15.9 Å². The van der Waals surface area contributed by atoms with E-state index in [2.05, 4.69) is 29.8 Å². The summed E-state index contributed by atoms with van der Waals surface area (Å²) in [4.78, 5) is 35.8. The number of aliphatic hydroxyl groups is 1. The van der Waals surface area contributed by atoms with Gasteiger partial charge in [0.25, 0.3) is 0 Å². The standard InChI is InChI=1S/C24H35BrO8/c1-13-8-19(31-15(3)27)24(12-30-14(2)26)17(6-5-7-23(24,29)11-25)22(13,4)18-9-16-10-20(28)33-21(16)32-18/h13,16-19,21,29H,5-12H2,1-4H3/t13-,16+,17-,18+,19+,21-,22+,23+,24+/m1/s1. The molecule has 2 aliphatic carbocycles. The van der Waals surface area contributed by atoms with Crippen LogP contribution in [-0.2, 0) is 33.3 Å². The van der Waals surface area contributed by atoms with Gasteiger partial charge in [-0.1, -0.05) is 36.2 Å². The van der Waals surface area contributed by atoms with Gasteiger partial charge in [0.05, 0.1) is 23.5 Å². The molecule has 4 aliphatic rings. The van der Waals surface area contributed by atoms with Crippen molar-refractivity contribution in [2.75, 3.05) is 11.9 Å². The number of alkyl halides is 1. The van der Waals surface area contributed by atoms with Crippen LogP contribution < -0.4 is 0 Å². The fourth-order valence-electron chi connectivity index (χ4n) is 7.38. The van der Waals surface area contributed by atoms with E-state index in [-0.39, 0.29) is 41.8 Å². The van der Waals surface area contributed by atoms with Crippen LogP contribution in [0.2, 0.25) is 0 Å². The molecule has 0 spiro atoms. The molecule has 2 aliphatic heterocycles. The van der Waals surface area contributed by atoms with Gasteiger partial charge in [0.15, 0.2) is 0 Å². The Hall–Kier alpha value is -1.19. The highest BCUT2D eigenvalue weighted by Crippen LogP contribution is 2.67. The quantitative estimate of drug-likeness (QED) is 0.328. The lowest BCUT2D eigenvalue weighted by atomic mass is 9.41. The third-order valence-electron chi connectivity index (χ3n) is 9.14. The monoisotopic (exact) mass is 530 g/mol. The Morgan fingerprint density at radius 2 is 1.97 bits per heavy atom. The molecule has 0 bridgehead atoms. The molecular weight excluding hydrogens is 496 g/mol. The Kier molecular flexibility index (Phi) is 6.64. The first kappa shape index (κ1) is 24.9. The van der Waals surface area contributed by atoms with E-state index >= 15 is 0 Å². The van der Waals surface area contributed by atoms with E-state index in [0.29, 0.717) is 25.7 Å². The highest BCUT2D eigenvalue weighted by atomic mass is 79.9. The summed E-state index contributed by atoms with van der Waals surface area (Å²) in [7, 11) is 0. The molecule has 1 N–H and O–H groups in total. The molecular formula is C24H35BrO8. The highest BCUT2D eigenvalue weighted by Gasteiger charge is 2.72. The Labute approximate surface area is 203 Å². The lowest BCUT2D eigenvalue weighted by Crippen LogP contribution is -2.72. The number of fused-ring (bicyclic) bond motifs is 2. The van der Waals surface area contributed by atoms with Gasteiger partial charge in [0, 0.05) is 30.5 Å². The molecule has 8 nitrogen and oxygen atoms in total. The predicted octanol–water partition coefficient (Wildman–Crippen LogP) is 3.12. The van der Waals surface area contributed by atoms with Gasteiger partial charge in [-0.25, -0.2) is 0 Å². The van der Waals surface area contributed by atoms with Crippen LogP contribution in [0.15, 0.2) is 0 Å². The van der Waals surface area contributed by atoms with Crippen LogP contribution in [0.1, 0.15) is 66.2 Å². The second-order valence-electron chi connectivity index (χ2n) is 10.7. The first-order valence-electron chi connectivity index (χ1n) is 11.9. The van der Waals surface area contributed by atoms with Crippen molar-refractivity contribution in [3.8, 4) is 0 Å². The normalized spacial score (nSPS) is 46.8. The number of carbonyl (C=O) groups excluding carboxylic acids is 3. The predicted molar refractivity (Wildman–Crippen MR) is 120 cm³/mol. The number of ether oxygens (including phenoxy) is 4. The van der Waals surface area contributed by atoms with E-state index in [1.807, 2.05) is 0 Å². The van der Waals surface area contributed by atoms with E-state index in [1.165, 1.54) is 13.8 Å². The van der Waals surface area contributed by atoms with Gasteiger partial charge in [-0.3, -0.25) is 14.4 Å². The number of esters is 3. The van der Waals surface area contributed by atoms with Crippen molar-refractivity contribution < 1.29 is 38.4 Å². The molecule has 0 radical (unpaired) electrons. The van der Waals surface area contributed by atoms with Crippen molar-refractivity contribution in [1.82, 2.24) is 0 Å². The van der Waals surface area contributed by atoms with Crippen LogP contribution in [0.25, 0.3) is 0 Å². The van der Waals surface area contributed by atoms with Crippen LogP contribution in [0.4, 0.5) is 0 Å². The van der Waals surface area contributed by atoms with Gasteiger partial charge in [-0.05, 0) is 37.5 Å². The molecule has 9 atom stereocenters. The lowest BCUT2D eigenvalue weighted by Gasteiger charge is -2.66. The van der Waals surface area contributed by atoms with E-state index in [9.17, 15) is 19.5 Å². The van der Waals surface area contributed by atoms with Crippen LogP contribution in [-0.4, -0.2) is 59.1 Å². The van der Waals surface area contributed by atoms with Gasteiger partial charge in [0.1, 0.15) is 12.7 Å². The summed E-state index contributed by atoms with van der Waals surface area (Å²) in [5.74, 6) is -1.11. The van der Waals surface area contributed by atoms with Gasteiger partial charge < -0.3 is 24.1 Å². The Balaban J connectivity index is 1.80. The average molecular weight is 531 g/mol. The summed E-state index contributed by atoms with van der Waals surface area (Å²) in [6.07, 6.45) is 2.32. The first-order chi connectivity index (χ1) is 15.5. The van der Waals surface area contributed by atoms with Crippen LogP contribution in [0.3, 0.4) is 0 Å². The number of rotatable bonds is 5. The molecule has 0 aromatic rings. The molecule has 0 aromatic carbocycles. The molecule has 33 heavy (non-hydrogen) atoms. The molecule has 0 unspecified atom stereocenters. The van der Waals surface area contributed by atoms with Crippen molar-refractivity contribution in [2.45, 2.75) is 90.3 Å². The number of halogens is 1. The minimum atomic E-state index is -1.24. The summed E-state index contributed by atoms with van der Waals surface area (Å²) in [6.45, 7) is 7.01. The van der Waals surface area contributed by atoms with Crippen LogP contribution in [0, 0.1) is 28.6 Å². The second kappa shape index (κ2) is 8.79. The first-order valence-corrected chi connectivity index (χ1v) is 13.0. The molecule has 4 fully saturated rings. The van der Waals surface area contributed by atoms with Gasteiger partial charge >= 0.3 is 17.9 Å². The fraction of sp³-hybridized carbons (Fsp3) is 0.875. The Bertz CT molecular complexity index is 802. The average Bonchev–Trinajstić information content (AvgIpc) is 3.28. The van der Waals surface area contributed by atoms with E-state index < -0.39 is 40.8 Å². The van der Waals surface area contributed by atoms with Gasteiger partial charge in [-0.2, -0.15) is 0 Å². The maximum absolute atomic E-state index is 12.2. The van der Waals surface area contributed by atoms with E-state index in [1.54, 1.807) is 0 Å². The second-order valence-corrected chi connectivity index (χ2v) is 11.3. The maximum Gasteiger partial charge on any atom is 0.308 e. The summed E-state index contributed by atoms with van der Waals surface area (Å²) in [5, 5.41) is 12.3. The highest BCUT2D eigenvalue weighted by molar-refractivity contribution is 9.09. The molecule has 0 aromatic heterocycles. The van der Waals surface area contributed by atoms with Crippen molar-refractivity contribution in [1.29, 1.82) is 0 Å². The van der Waals surface area contributed by atoms with Crippen molar-refractivity contribution in [3.63, 3.8) is 0 Å². The van der Waals surface area contributed by atoms with Crippen LogP contribution in [0.5, 0.6) is 0 Å². The third kappa shape index (κ3) is 3.82. The molecule has 0 amide bonds. The summed E-state index contributed by atoms with van der Waals surface area (Å²) in [5.41, 5.74) is -2.65. The SMILES string of the molecule is CC(=O)OC[C@@]12[C@@H](OC(C)=O)C[C@@H](C)[C@](C)([C@@H]3C[C@H]4CC(=O)O[C@H]4O3)[C@H]1CCC[C@]2(O)CBr. The molecule has 4 rings (SSSR count). The molecule has 2 saturated heterocycles. The minimum Gasteiger partial charge on any atom is -0.465 e. The third-order valence-corrected chi connectivity index (χ3v) is 10.1. The zero-order valence-electron chi connectivity index (χ0n) is 19.8. The topological polar surface area (TPSA) is 108 Å². The molecule has 2 saturated carbocycles. The molecule has 9 heteroatoms. The van der Waals surface area contributed by atoms with Gasteiger partial charge in [-0.15, -0.1) is 0 Å².